The van der Waals surface area contributed by atoms with Crippen molar-refractivity contribution in [2.75, 3.05) is 26.7 Å². The van der Waals surface area contributed by atoms with E-state index in [0.29, 0.717) is 19.0 Å². The second-order valence-electron chi connectivity index (χ2n) is 5.58. The van der Waals surface area contributed by atoms with E-state index in [4.69, 9.17) is 0 Å². The molecule has 1 aromatic heterocycles. The molecule has 142 valence electrons. The topological polar surface area (TPSA) is 56.7 Å². The van der Waals surface area contributed by atoms with Crippen molar-refractivity contribution in [3.05, 3.63) is 58.3 Å². The van der Waals surface area contributed by atoms with E-state index in [1.165, 1.54) is 4.88 Å². The summed E-state index contributed by atoms with van der Waals surface area (Å²) < 4.78 is 0. The van der Waals surface area contributed by atoms with Gasteiger partial charge in [0.15, 0.2) is 5.96 Å². The number of hydrogen-bond acceptors (Lipinski definition) is 3. The van der Waals surface area contributed by atoms with Gasteiger partial charge in [-0.2, -0.15) is 0 Å². The number of amides is 1. The van der Waals surface area contributed by atoms with Crippen molar-refractivity contribution in [2.45, 2.75) is 19.9 Å². The van der Waals surface area contributed by atoms with Crippen LogP contribution >= 0.6 is 35.3 Å². The van der Waals surface area contributed by atoms with Gasteiger partial charge in [0, 0.05) is 31.6 Å². The number of benzene rings is 1. The molecule has 0 saturated heterocycles. The smallest absolute Gasteiger partial charge is 0.242 e. The molecule has 26 heavy (non-hydrogen) atoms. The average molecular weight is 486 g/mol. The molecule has 5 nitrogen and oxygen atoms in total. The zero-order valence-corrected chi connectivity index (χ0v) is 18.4. The van der Waals surface area contributed by atoms with Crippen molar-refractivity contribution in [3.8, 4) is 0 Å². The van der Waals surface area contributed by atoms with Gasteiger partial charge in [0.25, 0.3) is 0 Å². The summed E-state index contributed by atoms with van der Waals surface area (Å²) >= 11 is 1.75. The molecule has 2 rings (SSSR count). The maximum absolute atomic E-state index is 12.4. The van der Waals surface area contributed by atoms with Crippen LogP contribution in [-0.4, -0.2) is 43.4 Å². The van der Waals surface area contributed by atoms with Gasteiger partial charge >= 0.3 is 0 Å². The van der Waals surface area contributed by atoms with Crippen molar-refractivity contribution in [1.29, 1.82) is 0 Å². The molecule has 0 aliphatic rings. The summed E-state index contributed by atoms with van der Waals surface area (Å²) in [7, 11) is 1.71. The molecule has 2 N–H and O–H groups in total. The number of aliphatic imine (C=N–C) groups is 1. The summed E-state index contributed by atoms with van der Waals surface area (Å²) in [6.45, 7) is 4.33. The zero-order chi connectivity index (χ0) is 17.9. The van der Waals surface area contributed by atoms with Gasteiger partial charge in [-0.3, -0.25) is 9.79 Å². The van der Waals surface area contributed by atoms with Crippen molar-refractivity contribution < 1.29 is 4.79 Å². The fraction of sp³-hybridized carbons (Fsp3) is 0.368. The molecule has 2 aromatic rings. The fourth-order valence-electron chi connectivity index (χ4n) is 2.43. The van der Waals surface area contributed by atoms with E-state index < -0.39 is 0 Å². The summed E-state index contributed by atoms with van der Waals surface area (Å²) in [4.78, 5) is 19.8. The normalized spacial score (nSPS) is 10.8. The molecule has 0 aliphatic heterocycles. The number of halogens is 1. The molecule has 7 heteroatoms. The summed E-state index contributed by atoms with van der Waals surface area (Å²) in [6.07, 6.45) is 0.946. The van der Waals surface area contributed by atoms with E-state index in [1.54, 1.807) is 18.4 Å². The third-order valence-electron chi connectivity index (χ3n) is 3.83. The van der Waals surface area contributed by atoms with Crippen LogP contribution in [0.15, 0.2) is 52.8 Å². The molecule has 1 amide bonds. The van der Waals surface area contributed by atoms with Crippen LogP contribution in [0, 0.1) is 0 Å². The molecule has 0 saturated carbocycles. The number of guanidine groups is 1. The Labute approximate surface area is 176 Å². The highest BCUT2D eigenvalue weighted by atomic mass is 127. The fourth-order valence-corrected chi connectivity index (χ4v) is 3.14. The standard InChI is InChI=1S/C19H26N4OS.HI/c1-3-23(15-16-8-5-4-6-9-16)18(24)14-22-19(20-2)21-12-11-17-10-7-13-25-17;/h4-10,13H,3,11-12,14-15H2,1-2H3,(H2,20,21,22);1H. The van der Waals surface area contributed by atoms with Gasteiger partial charge in [0.2, 0.25) is 5.91 Å². The van der Waals surface area contributed by atoms with E-state index in [1.807, 2.05) is 42.2 Å². The number of nitrogens with zero attached hydrogens (tertiary/aromatic N) is 2. The Bertz CT molecular complexity index is 661. The van der Waals surface area contributed by atoms with Crippen LogP contribution in [0.2, 0.25) is 0 Å². The first-order valence-corrected chi connectivity index (χ1v) is 9.39. The van der Waals surface area contributed by atoms with E-state index in [0.717, 1.165) is 18.5 Å². The van der Waals surface area contributed by atoms with Gasteiger partial charge in [0.05, 0.1) is 6.54 Å². The molecule has 0 aliphatic carbocycles. The Hall–Kier alpha value is -1.61. The molecule has 0 radical (unpaired) electrons. The van der Waals surface area contributed by atoms with Gasteiger partial charge in [-0.25, -0.2) is 0 Å². The summed E-state index contributed by atoms with van der Waals surface area (Å²) in [6, 6.07) is 14.2. The molecular formula is C19H27IN4OS. The number of likely N-dealkylation sites (N-methyl/N-ethyl adjacent to an activating group) is 1. The lowest BCUT2D eigenvalue weighted by Gasteiger charge is -2.22. The molecule has 0 atom stereocenters. The number of nitrogens with one attached hydrogen (secondary N) is 2. The van der Waals surface area contributed by atoms with E-state index in [2.05, 4.69) is 33.1 Å². The Morgan fingerprint density at radius 1 is 1.15 bits per heavy atom. The SMILES string of the molecule is CCN(Cc1ccccc1)C(=O)CNC(=NC)NCCc1cccs1.I. The maximum atomic E-state index is 12.4. The molecule has 0 bridgehead atoms. The molecule has 0 fully saturated rings. The second kappa shape index (κ2) is 12.7. The Kier molecular flexibility index (Phi) is 11.0. The number of carbonyl (C=O) groups excluding carboxylic acids is 1. The first-order valence-electron chi connectivity index (χ1n) is 8.51. The van der Waals surface area contributed by atoms with Crippen LogP contribution in [0.3, 0.4) is 0 Å². The molecule has 1 aromatic carbocycles. The molecule has 0 spiro atoms. The number of rotatable bonds is 8. The number of thiophene rings is 1. The average Bonchev–Trinajstić information content (AvgIpc) is 3.16. The Morgan fingerprint density at radius 2 is 1.92 bits per heavy atom. The lowest BCUT2D eigenvalue weighted by atomic mass is 10.2. The van der Waals surface area contributed by atoms with Gasteiger partial charge in [0.1, 0.15) is 0 Å². The lowest BCUT2D eigenvalue weighted by molar-refractivity contribution is -0.130. The highest BCUT2D eigenvalue weighted by Crippen LogP contribution is 2.08. The van der Waals surface area contributed by atoms with E-state index in [9.17, 15) is 4.79 Å². The third-order valence-corrected chi connectivity index (χ3v) is 4.76. The van der Waals surface area contributed by atoms with E-state index in [-0.39, 0.29) is 36.4 Å². The van der Waals surface area contributed by atoms with Crippen LogP contribution in [0.5, 0.6) is 0 Å². The quantitative estimate of drug-likeness (QED) is 0.343. The minimum absolute atomic E-state index is 0. The Morgan fingerprint density at radius 3 is 2.54 bits per heavy atom. The molecular weight excluding hydrogens is 459 g/mol. The van der Waals surface area contributed by atoms with Crippen molar-refractivity contribution in [3.63, 3.8) is 0 Å². The highest BCUT2D eigenvalue weighted by Gasteiger charge is 2.12. The predicted octanol–water partition coefficient (Wildman–Crippen LogP) is 3.12. The minimum atomic E-state index is 0. The molecule has 0 unspecified atom stereocenters. The van der Waals surface area contributed by atoms with Crippen molar-refractivity contribution >= 4 is 47.2 Å². The van der Waals surface area contributed by atoms with Crippen LogP contribution in [0.25, 0.3) is 0 Å². The first-order chi connectivity index (χ1) is 12.2. The maximum Gasteiger partial charge on any atom is 0.242 e. The van der Waals surface area contributed by atoms with Crippen LogP contribution in [0.4, 0.5) is 0 Å². The summed E-state index contributed by atoms with van der Waals surface area (Å²) in [5.41, 5.74) is 1.14. The summed E-state index contributed by atoms with van der Waals surface area (Å²) in [5, 5.41) is 8.42. The van der Waals surface area contributed by atoms with Crippen molar-refractivity contribution in [1.82, 2.24) is 15.5 Å². The number of hydrogen-bond donors (Lipinski definition) is 2. The van der Waals surface area contributed by atoms with Gasteiger partial charge < -0.3 is 15.5 Å². The van der Waals surface area contributed by atoms with Crippen LogP contribution in [0.1, 0.15) is 17.4 Å². The largest absolute Gasteiger partial charge is 0.356 e. The van der Waals surface area contributed by atoms with Gasteiger partial charge in [-0.15, -0.1) is 35.3 Å². The van der Waals surface area contributed by atoms with Crippen LogP contribution in [-0.2, 0) is 17.8 Å². The predicted molar refractivity (Wildman–Crippen MR) is 120 cm³/mol. The monoisotopic (exact) mass is 486 g/mol. The third kappa shape index (κ3) is 7.74. The zero-order valence-electron chi connectivity index (χ0n) is 15.3. The van der Waals surface area contributed by atoms with Crippen molar-refractivity contribution in [2.24, 2.45) is 4.99 Å². The van der Waals surface area contributed by atoms with Crippen LogP contribution < -0.4 is 10.6 Å². The minimum Gasteiger partial charge on any atom is -0.356 e. The van der Waals surface area contributed by atoms with E-state index >= 15 is 0 Å². The second-order valence-corrected chi connectivity index (χ2v) is 6.61. The Balaban J connectivity index is 0.00000338. The highest BCUT2D eigenvalue weighted by molar-refractivity contribution is 14.0. The summed E-state index contributed by atoms with van der Waals surface area (Å²) in [5.74, 6) is 0.716. The lowest BCUT2D eigenvalue weighted by Crippen LogP contribution is -2.44. The van der Waals surface area contributed by atoms with Gasteiger partial charge in [-0.1, -0.05) is 36.4 Å². The van der Waals surface area contributed by atoms with Gasteiger partial charge in [-0.05, 0) is 30.4 Å². The number of carbonyl (C=O) groups is 1. The first kappa shape index (κ1) is 22.4. The molecule has 1 heterocycles.